The summed E-state index contributed by atoms with van der Waals surface area (Å²) >= 11 is 0. The molecule has 1 aromatic carbocycles. The molecule has 0 saturated carbocycles. The van der Waals surface area contributed by atoms with Crippen LogP contribution in [0.1, 0.15) is 13.3 Å². The first-order valence-electron chi connectivity index (χ1n) is 5.99. The van der Waals surface area contributed by atoms with Crippen molar-refractivity contribution in [1.29, 1.82) is 0 Å². The van der Waals surface area contributed by atoms with Crippen molar-refractivity contribution in [3.8, 4) is 5.75 Å². The molecule has 1 fully saturated rings. The average Bonchev–Trinajstić information content (AvgIpc) is 2.77. The number of anilines is 1. The number of benzene rings is 1. The summed E-state index contributed by atoms with van der Waals surface area (Å²) in [5.74, 6) is 0.132. The number of halogens is 1. The number of rotatable bonds is 3. The van der Waals surface area contributed by atoms with Crippen molar-refractivity contribution in [2.75, 3.05) is 19.0 Å². The highest BCUT2D eigenvalue weighted by molar-refractivity contribution is 5.96. The van der Waals surface area contributed by atoms with Crippen molar-refractivity contribution >= 4 is 11.6 Å². The Balaban J connectivity index is 2.11. The Hall–Kier alpha value is -1.62. The minimum atomic E-state index is -0.391. The summed E-state index contributed by atoms with van der Waals surface area (Å²) < 4.78 is 18.1. The van der Waals surface area contributed by atoms with E-state index in [1.807, 2.05) is 6.92 Å². The van der Waals surface area contributed by atoms with E-state index in [-0.39, 0.29) is 11.9 Å². The van der Waals surface area contributed by atoms with E-state index in [1.54, 1.807) is 0 Å². The minimum Gasteiger partial charge on any atom is -0.494 e. The van der Waals surface area contributed by atoms with E-state index in [4.69, 9.17) is 4.74 Å². The molecule has 0 bridgehead atoms. The largest absolute Gasteiger partial charge is 0.494 e. The first-order valence-corrected chi connectivity index (χ1v) is 5.99. The van der Waals surface area contributed by atoms with Crippen LogP contribution in [0.25, 0.3) is 0 Å². The zero-order valence-corrected chi connectivity index (χ0v) is 10.5. The van der Waals surface area contributed by atoms with Gasteiger partial charge >= 0.3 is 0 Å². The van der Waals surface area contributed by atoms with Gasteiger partial charge in [0.25, 0.3) is 0 Å². The summed E-state index contributed by atoms with van der Waals surface area (Å²) in [6, 6.07) is 3.86. The molecule has 0 radical (unpaired) electrons. The molecule has 2 unspecified atom stereocenters. The van der Waals surface area contributed by atoms with E-state index in [0.29, 0.717) is 17.4 Å². The molecule has 98 valence electrons. The van der Waals surface area contributed by atoms with Crippen molar-refractivity contribution in [3.05, 3.63) is 24.0 Å². The lowest BCUT2D eigenvalue weighted by atomic mass is 10.0. The van der Waals surface area contributed by atoms with E-state index < -0.39 is 5.82 Å². The summed E-state index contributed by atoms with van der Waals surface area (Å²) in [6.07, 6.45) is 0.985. The van der Waals surface area contributed by atoms with E-state index in [1.165, 1.54) is 25.3 Å². The number of amides is 1. The Labute approximate surface area is 106 Å². The molecule has 2 rings (SSSR count). The number of methoxy groups -OCH3 is 1. The highest BCUT2D eigenvalue weighted by Gasteiger charge is 2.29. The van der Waals surface area contributed by atoms with Gasteiger partial charge in [-0.05, 0) is 31.0 Å². The fourth-order valence-electron chi connectivity index (χ4n) is 2.16. The molecule has 1 aromatic rings. The van der Waals surface area contributed by atoms with Gasteiger partial charge in [-0.3, -0.25) is 4.79 Å². The lowest BCUT2D eigenvalue weighted by Gasteiger charge is -2.16. The molecule has 0 aromatic heterocycles. The zero-order chi connectivity index (χ0) is 13.1. The van der Waals surface area contributed by atoms with Crippen molar-refractivity contribution in [2.45, 2.75) is 19.4 Å². The van der Waals surface area contributed by atoms with Crippen LogP contribution >= 0.6 is 0 Å². The number of hydrogen-bond donors (Lipinski definition) is 2. The van der Waals surface area contributed by atoms with Crippen molar-refractivity contribution in [3.63, 3.8) is 0 Å². The Morgan fingerprint density at radius 1 is 1.56 bits per heavy atom. The molecule has 1 aliphatic heterocycles. The van der Waals surface area contributed by atoms with E-state index in [9.17, 15) is 9.18 Å². The maximum absolute atomic E-state index is 13.0. The lowest BCUT2D eigenvalue weighted by Crippen LogP contribution is -2.39. The second-order valence-electron chi connectivity index (χ2n) is 4.53. The second-order valence-corrected chi connectivity index (χ2v) is 4.53. The number of carbonyl (C=O) groups excluding carboxylic acids is 1. The minimum absolute atomic E-state index is 0.107. The van der Waals surface area contributed by atoms with Gasteiger partial charge in [-0.1, -0.05) is 6.92 Å². The molecular formula is C13H17FN2O2. The van der Waals surface area contributed by atoms with Gasteiger partial charge in [0.1, 0.15) is 11.6 Å². The Bertz CT molecular complexity index is 451. The molecule has 1 heterocycles. The molecule has 5 heteroatoms. The van der Waals surface area contributed by atoms with Gasteiger partial charge in [-0.15, -0.1) is 0 Å². The van der Waals surface area contributed by atoms with Gasteiger partial charge in [0, 0.05) is 6.07 Å². The lowest BCUT2D eigenvalue weighted by molar-refractivity contribution is -0.118. The molecule has 1 amide bonds. The highest BCUT2D eigenvalue weighted by Crippen LogP contribution is 2.26. The summed E-state index contributed by atoms with van der Waals surface area (Å²) in [7, 11) is 1.45. The summed E-state index contributed by atoms with van der Waals surface area (Å²) in [5.41, 5.74) is 0.491. The molecule has 2 N–H and O–H groups in total. The third kappa shape index (κ3) is 2.61. The van der Waals surface area contributed by atoms with Crippen LogP contribution in [-0.2, 0) is 4.79 Å². The van der Waals surface area contributed by atoms with Crippen LogP contribution in [0.5, 0.6) is 5.75 Å². The third-order valence-electron chi connectivity index (χ3n) is 3.24. The van der Waals surface area contributed by atoms with E-state index >= 15 is 0 Å². The van der Waals surface area contributed by atoms with Gasteiger partial charge in [0.15, 0.2) is 0 Å². The monoisotopic (exact) mass is 252 g/mol. The fourth-order valence-corrected chi connectivity index (χ4v) is 2.16. The molecule has 0 spiro atoms. The Kier molecular flexibility index (Phi) is 3.81. The van der Waals surface area contributed by atoms with Crippen LogP contribution in [0.3, 0.4) is 0 Å². The van der Waals surface area contributed by atoms with Crippen LogP contribution in [0, 0.1) is 11.7 Å². The average molecular weight is 252 g/mol. The molecule has 1 aliphatic rings. The highest BCUT2D eigenvalue weighted by atomic mass is 19.1. The predicted molar refractivity (Wildman–Crippen MR) is 67.2 cm³/mol. The van der Waals surface area contributed by atoms with Crippen molar-refractivity contribution < 1.29 is 13.9 Å². The normalized spacial score (nSPS) is 22.8. The standard InChI is InChI=1S/C13H17FN2O2/c1-8-5-6-15-12(8)13(17)16-10-4-3-9(14)7-11(10)18-2/h3-4,7-8,12,15H,5-6H2,1-2H3,(H,16,17). The van der Waals surface area contributed by atoms with Crippen LogP contribution in [0.2, 0.25) is 0 Å². The van der Waals surface area contributed by atoms with E-state index in [0.717, 1.165) is 13.0 Å². The van der Waals surface area contributed by atoms with Gasteiger partial charge in [0.2, 0.25) is 5.91 Å². The zero-order valence-electron chi connectivity index (χ0n) is 10.5. The first-order chi connectivity index (χ1) is 8.61. The van der Waals surface area contributed by atoms with Crippen LogP contribution in [0.15, 0.2) is 18.2 Å². The Morgan fingerprint density at radius 2 is 2.33 bits per heavy atom. The molecule has 18 heavy (non-hydrogen) atoms. The van der Waals surface area contributed by atoms with Crippen LogP contribution in [0.4, 0.5) is 10.1 Å². The predicted octanol–water partition coefficient (Wildman–Crippen LogP) is 1.77. The maximum atomic E-state index is 13.0. The SMILES string of the molecule is COc1cc(F)ccc1NC(=O)C1NCCC1C. The summed E-state index contributed by atoms with van der Waals surface area (Å²) in [5, 5.41) is 5.92. The number of ether oxygens (including phenoxy) is 1. The van der Waals surface area contributed by atoms with Crippen molar-refractivity contribution in [2.24, 2.45) is 5.92 Å². The second kappa shape index (κ2) is 5.35. The molecule has 4 nitrogen and oxygen atoms in total. The molecule has 1 saturated heterocycles. The molecule has 2 atom stereocenters. The van der Waals surface area contributed by atoms with Crippen molar-refractivity contribution in [1.82, 2.24) is 5.32 Å². The van der Waals surface area contributed by atoms with Crippen LogP contribution in [-0.4, -0.2) is 25.6 Å². The molecule has 0 aliphatic carbocycles. The summed E-state index contributed by atoms with van der Waals surface area (Å²) in [4.78, 5) is 12.1. The van der Waals surface area contributed by atoms with E-state index in [2.05, 4.69) is 10.6 Å². The third-order valence-corrected chi connectivity index (χ3v) is 3.24. The summed E-state index contributed by atoms with van der Waals surface area (Å²) in [6.45, 7) is 2.88. The number of hydrogen-bond acceptors (Lipinski definition) is 3. The van der Waals surface area contributed by atoms with Gasteiger partial charge in [0.05, 0.1) is 18.8 Å². The topological polar surface area (TPSA) is 50.4 Å². The van der Waals surface area contributed by atoms with Gasteiger partial charge in [-0.25, -0.2) is 4.39 Å². The fraction of sp³-hybridized carbons (Fsp3) is 0.462. The smallest absolute Gasteiger partial charge is 0.241 e. The number of carbonyl (C=O) groups is 1. The van der Waals surface area contributed by atoms with Crippen LogP contribution < -0.4 is 15.4 Å². The maximum Gasteiger partial charge on any atom is 0.241 e. The molecular weight excluding hydrogens is 235 g/mol. The quantitative estimate of drug-likeness (QED) is 0.862. The number of nitrogens with one attached hydrogen (secondary N) is 2. The Morgan fingerprint density at radius 3 is 2.94 bits per heavy atom. The first kappa shape index (κ1) is 12.8. The van der Waals surface area contributed by atoms with Gasteiger partial charge in [-0.2, -0.15) is 0 Å². The van der Waals surface area contributed by atoms with Gasteiger partial charge < -0.3 is 15.4 Å².